The van der Waals surface area contributed by atoms with Crippen molar-refractivity contribution in [2.75, 3.05) is 7.11 Å². The van der Waals surface area contributed by atoms with Crippen molar-refractivity contribution in [1.29, 1.82) is 0 Å². The zero-order chi connectivity index (χ0) is 11.3. The van der Waals surface area contributed by atoms with E-state index in [0.29, 0.717) is 0 Å². The van der Waals surface area contributed by atoms with Crippen molar-refractivity contribution in [1.82, 2.24) is 10.3 Å². The Kier molecular flexibility index (Phi) is 3.61. The molecule has 0 saturated heterocycles. The van der Waals surface area contributed by atoms with Gasteiger partial charge in [0.15, 0.2) is 6.04 Å². The smallest absolute Gasteiger partial charge is 0.407 e. The minimum Gasteiger partial charge on any atom is -0.479 e. The van der Waals surface area contributed by atoms with E-state index in [9.17, 15) is 9.59 Å². The fourth-order valence-electron chi connectivity index (χ4n) is 0.986. The van der Waals surface area contributed by atoms with Crippen LogP contribution in [0.4, 0.5) is 4.79 Å². The number of pyridine rings is 1. The number of hydrogen-bond acceptors (Lipinski definition) is 4. The molecule has 6 nitrogen and oxygen atoms in total. The molecule has 1 heterocycles. The van der Waals surface area contributed by atoms with Crippen molar-refractivity contribution >= 4 is 12.1 Å². The second kappa shape index (κ2) is 4.94. The van der Waals surface area contributed by atoms with Crippen LogP contribution in [-0.4, -0.2) is 29.3 Å². The van der Waals surface area contributed by atoms with Gasteiger partial charge in [0.25, 0.3) is 0 Å². The molecule has 0 aliphatic heterocycles. The summed E-state index contributed by atoms with van der Waals surface area (Å²) in [4.78, 5) is 25.6. The van der Waals surface area contributed by atoms with Crippen molar-refractivity contribution < 1.29 is 19.4 Å². The molecule has 0 saturated carbocycles. The van der Waals surface area contributed by atoms with Gasteiger partial charge < -0.3 is 15.2 Å². The Bertz CT molecular complexity index is 352. The molecule has 0 aromatic carbocycles. The topological polar surface area (TPSA) is 88.5 Å². The van der Waals surface area contributed by atoms with Gasteiger partial charge in [0.2, 0.25) is 0 Å². The third-order valence-corrected chi connectivity index (χ3v) is 1.68. The molecular weight excluding hydrogens is 200 g/mol. The van der Waals surface area contributed by atoms with Crippen LogP contribution in [0, 0.1) is 0 Å². The van der Waals surface area contributed by atoms with Crippen LogP contribution in [0.2, 0.25) is 0 Å². The monoisotopic (exact) mass is 210 g/mol. The zero-order valence-electron chi connectivity index (χ0n) is 8.01. The number of hydrogen-bond donors (Lipinski definition) is 2. The molecule has 80 valence electrons. The summed E-state index contributed by atoms with van der Waals surface area (Å²) in [5.74, 6) is -1.20. The number of carboxylic acids is 1. The molecular formula is C9H10N2O4. The summed E-state index contributed by atoms with van der Waals surface area (Å²) in [7, 11) is 1.16. The lowest BCUT2D eigenvalue weighted by molar-refractivity contribution is -0.139. The van der Waals surface area contributed by atoms with Gasteiger partial charge >= 0.3 is 12.1 Å². The fraction of sp³-hybridized carbons (Fsp3) is 0.222. The van der Waals surface area contributed by atoms with Gasteiger partial charge in [-0.2, -0.15) is 0 Å². The molecule has 15 heavy (non-hydrogen) atoms. The Labute approximate surface area is 85.9 Å². The fourth-order valence-corrected chi connectivity index (χ4v) is 0.986. The van der Waals surface area contributed by atoms with Crippen molar-refractivity contribution in [3.63, 3.8) is 0 Å². The first-order valence-corrected chi connectivity index (χ1v) is 4.13. The van der Waals surface area contributed by atoms with Gasteiger partial charge in [0, 0.05) is 6.20 Å². The molecule has 0 aliphatic rings. The summed E-state index contributed by atoms with van der Waals surface area (Å²) in [6.07, 6.45) is 0.637. The SMILES string of the molecule is COC(=O)NC(C(=O)O)c1ccccn1. The van der Waals surface area contributed by atoms with E-state index in [1.807, 2.05) is 0 Å². The lowest BCUT2D eigenvalue weighted by atomic mass is 10.2. The predicted molar refractivity (Wildman–Crippen MR) is 50.2 cm³/mol. The number of carbonyl (C=O) groups excluding carboxylic acids is 1. The van der Waals surface area contributed by atoms with Crippen molar-refractivity contribution in [2.24, 2.45) is 0 Å². The van der Waals surface area contributed by atoms with Gasteiger partial charge in [-0.15, -0.1) is 0 Å². The molecule has 6 heteroatoms. The number of alkyl carbamates (subject to hydrolysis) is 1. The third kappa shape index (κ3) is 2.94. The van der Waals surface area contributed by atoms with E-state index in [1.165, 1.54) is 12.3 Å². The standard InChI is InChI=1S/C9H10N2O4/c1-15-9(14)11-7(8(12)13)6-4-2-3-5-10-6/h2-5,7H,1H3,(H,11,14)(H,12,13). The molecule has 0 spiro atoms. The van der Waals surface area contributed by atoms with E-state index in [4.69, 9.17) is 5.11 Å². The van der Waals surface area contributed by atoms with Crippen molar-refractivity contribution in [3.05, 3.63) is 30.1 Å². The zero-order valence-corrected chi connectivity index (χ0v) is 8.01. The lowest BCUT2D eigenvalue weighted by Crippen LogP contribution is -2.34. The van der Waals surface area contributed by atoms with Crippen LogP contribution in [0.15, 0.2) is 24.4 Å². The number of ether oxygens (including phenoxy) is 1. The number of carboxylic acid groups (broad SMARTS) is 1. The van der Waals surface area contributed by atoms with Crippen LogP contribution in [-0.2, 0) is 9.53 Å². The largest absolute Gasteiger partial charge is 0.479 e. The van der Waals surface area contributed by atoms with Gasteiger partial charge in [-0.3, -0.25) is 4.98 Å². The van der Waals surface area contributed by atoms with E-state index < -0.39 is 18.1 Å². The summed E-state index contributed by atoms with van der Waals surface area (Å²) in [5.41, 5.74) is 0.246. The molecule has 2 N–H and O–H groups in total. The average molecular weight is 210 g/mol. The number of amides is 1. The highest BCUT2D eigenvalue weighted by Crippen LogP contribution is 2.09. The van der Waals surface area contributed by atoms with Gasteiger partial charge in [-0.25, -0.2) is 9.59 Å². The summed E-state index contributed by atoms with van der Waals surface area (Å²) in [6.45, 7) is 0. The molecule has 0 fully saturated rings. The second-order valence-electron chi connectivity index (χ2n) is 2.66. The Morgan fingerprint density at radius 1 is 1.53 bits per heavy atom. The number of nitrogens with one attached hydrogen (secondary N) is 1. The highest BCUT2D eigenvalue weighted by Gasteiger charge is 2.23. The maximum absolute atomic E-state index is 10.9. The number of rotatable bonds is 3. The van der Waals surface area contributed by atoms with E-state index >= 15 is 0 Å². The maximum atomic E-state index is 10.9. The molecule has 0 radical (unpaired) electrons. The van der Waals surface area contributed by atoms with E-state index in [2.05, 4.69) is 15.0 Å². The Balaban J connectivity index is 2.84. The number of aliphatic carboxylic acids is 1. The molecule has 1 rings (SSSR count). The quantitative estimate of drug-likeness (QED) is 0.761. The first-order valence-electron chi connectivity index (χ1n) is 4.13. The molecule has 1 aromatic rings. The van der Waals surface area contributed by atoms with Crippen LogP contribution in [0.1, 0.15) is 11.7 Å². The summed E-state index contributed by atoms with van der Waals surface area (Å²) >= 11 is 0. The van der Waals surface area contributed by atoms with Crippen molar-refractivity contribution in [2.45, 2.75) is 6.04 Å². The van der Waals surface area contributed by atoms with Crippen LogP contribution < -0.4 is 5.32 Å². The van der Waals surface area contributed by atoms with E-state index in [-0.39, 0.29) is 5.69 Å². The molecule has 1 aromatic heterocycles. The van der Waals surface area contributed by atoms with E-state index in [0.717, 1.165) is 7.11 Å². The molecule has 1 amide bonds. The summed E-state index contributed by atoms with van der Waals surface area (Å²) in [5, 5.41) is 11.0. The van der Waals surface area contributed by atoms with E-state index in [1.54, 1.807) is 12.1 Å². The van der Waals surface area contributed by atoms with Gasteiger partial charge in [0.05, 0.1) is 12.8 Å². The third-order valence-electron chi connectivity index (χ3n) is 1.68. The molecule has 1 unspecified atom stereocenters. The second-order valence-corrected chi connectivity index (χ2v) is 2.66. The van der Waals surface area contributed by atoms with Crippen molar-refractivity contribution in [3.8, 4) is 0 Å². The minimum atomic E-state index is -1.20. The van der Waals surface area contributed by atoms with Gasteiger partial charge in [0.1, 0.15) is 0 Å². The Morgan fingerprint density at radius 3 is 2.73 bits per heavy atom. The summed E-state index contributed by atoms with van der Waals surface area (Å²) < 4.78 is 4.31. The van der Waals surface area contributed by atoms with Crippen LogP contribution >= 0.6 is 0 Å². The van der Waals surface area contributed by atoms with Gasteiger partial charge in [-0.1, -0.05) is 6.07 Å². The maximum Gasteiger partial charge on any atom is 0.407 e. The Morgan fingerprint density at radius 2 is 2.27 bits per heavy atom. The number of methoxy groups -OCH3 is 1. The number of carbonyl (C=O) groups is 2. The normalized spacial score (nSPS) is 11.5. The highest BCUT2D eigenvalue weighted by molar-refractivity contribution is 5.80. The minimum absolute atomic E-state index is 0.246. The predicted octanol–water partition coefficient (Wildman–Crippen LogP) is 0.563. The molecule has 0 bridgehead atoms. The van der Waals surface area contributed by atoms with Crippen LogP contribution in [0.25, 0.3) is 0 Å². The first-order chi connectivity index (χ1) is 7.15. The Hall–Kier alpha value is -2.11. The average Bonchev–Trinajstić information content (AvgIpc) is 2.26. The van der Waals surface area contributed by atoms with Crippen LogP contribution in [0.5, 0.6) is 0 Å². The van der Waals surface area contributed by atoms with Crippen LogP contribution in [0.3, 0.4) is 0 Å². The lowest BCUT2D eigenvalue weighted by Gasteiger charge is -2.12. The molecule has 0 aliphatic carbocycles. The van der Waals surface area contributed by atoms with Gasteiger partial charge in [-0.05, 0) is 12.1 Å². The first kappa shape index (κ1) is 11.0. The highest BCUT2D eigenvalue weighted by atomic mass is 16.5. The number of nitrogens with zero attached hydrogens (tertiary/aromatic N) is 1. The number of aromatic nitrogens is 1. The summed E-state index contributed by atoms with van der Waals surface area (Å²) in [6, 6.07) is 3.60. The molecule has 1 atom stereocenters.